The minimum atomic E-state index is -0.792. The van der Waals surface area contributed by atoms with E-state index in [-0.39, 0.29) is 12.3 Å². The first-order valence-electron chi connectivity index (χ1n) is 6.54. The second kappa shape index (κ2) is 7.33. The Kier molecular flexibility index (Phi) is 6.07. The molecule has 0 bridgehead atoms. The Morgan fingerprint density at radius 2 is 2.00 bits per heavy atom. The molecule has 0 aromatic heterocycles. The van der Waals surface area contributed by atoms with E-state index in [2.05, 4.69) is 10.2 Å². The molecule has 18 heavy (non-hydrogen) atoms. The number of hydrogen-bond acceptors (Lipinski definition) is 4. The molecule has 0 aromatic carbocycles. The van der Waals surface area contributed by atoms with Crippen molar-refractivity contribution in [3.63, 3.8) is 0 Å². The van der Waals surface area contributed by atoms with Gasteiger partial charge >= 0.3 is 6.03 Å². The smallest absolute Gasteiger partial charge is 0.318 e. The van der Waals surface area contributed by atoms with Crippen LogP contribution in [0.3, 0.4) is 0 Å². The summed E-state index contributed by atoms with van der Waals surface area (Å²) in [6.45, 7) is 1.32. The Labute approximate surface area is 108 Å². The lowest BCUT2D eigenvalue weighted by Crippen LogP contribution is -2.44. The summed E-state index contributed by atoms with van der Waals surface area (Å²) in [6, 6.07) is -0.342. The highest BCUT2D eigenvalue weighted by Gasteiger charge is 2.27. The lowest BCUT2D eigenvalue weighted by Gasteiger charge is -2.37. The third kappa shape index (κ3) is 4.62. The predicted octanol–water partition coefficient (Wildman–Crippen LogP) is 0.0207. The van der Waals surface area contributed by atoms with Crippen LogP contribution in [-0.4, -0.2) is 43.0 Å². The lowest BCUT2D eigenvalue weighted by molar-refractivity contribution is -0.120. The van der Waals surface area contributed by atoms with Crippen LogP contribution in [0.2, 0.25) is 0 Å². The SMILES string of the molecule is CN(CCC(=O)NC(N)=O)C1CCCCC1CN. The molecule has 1 saturated carbocycles. The van der Waals surface area contributed by atoms with Gasteiger partial charge in [0.15, 0.2) is 0 Å². The van der Waals surface area contributed by atoms with Crippen molar-refractivity contribution in [3.05, 3.63) is 0 Å². The summed E-state index contributed by atoms with van der Waals surface area (Å²) in [7, 11) is 2.01. The molecule has 3 amide bonds. The van der Waals surface area contributed by atoms with Gasteiger partial charge in [-0.1, -0.05) is 12.8 Å². The average Bonchev–Trinajstić information content (AvgIpc) is 2.35. The minimum absolute atomic E-state index is 0.285. The molecule has 5 N–H and O–H groups in total. The van der Waals surface area contributed by atoms with Gasteiger partial charge in [0.25, 0.3) is 0 Å². The highest BCUT2D eigenvalue weighted by molar-refractivity contribution is 5.93. The van der Waals surface area contributed by atoms with Crippen LogP contribution in [0.1, 0.15) is 32.1 Å². The molecule has 0 saturated heterocycles. The van der Waals surface area contributed by atoms with E-state index in [1.807, 2.05) is 7.05 Å². The maximum Gasteiger partial charge on any atom is 0.318 e. The van der Waals surface area contributed by atoms with Crippen LogP contribution in [0, 0.1) is 5.92 Å². The van der Waals surface area contributed by atoms with Crippen molar-refractivity contribution in [1.29, 1.82) is 0 Å². The first kappa shape index (κ1) is 14.9. The molecule has 0 aromatic rings. The fraction of sp³-hybridized carbons (Fsp3) is 0.833. The molecule has 6 heteroatoms. The summed E-state index contributed by atoms with van der Waals surface area (Å²) in [4.78, 5) is 24.0. The van der Waals surface area contributed by atoms with Crippen molar-refractivity contribution in [1.82, 2.24) is 10.2 Å². The van der Waals surface area contributed by atoms with Gasteiger partial charge in [-0.2, -0.15) is 0 Å². The molecule has 0 heterocycles. The van der Waals surface area contributed by atoms with Gasteiger partial charge in [0.1, 0.15) is 0 Å². The van der Waals surface area contributed by atoms with E-state index >= 15 is 0 Å². The van der Waals surface area contributed by atoms with Crippen molar-refractivity contribution in [2.24, 2.45) is 17.4 Å². The molecule has 2 unspecified atom stereocenters. The zero-order valence-corrected chi connectivity index (χ0v) is 11.0. The summed E-state index contributed by atoms with van der Waals surface area (Å²) in [5, 5.41) is 2.07. The summed E-state index contributed by atoms with van der Waals surface area (Å²) >= 11 is 0. The standard InChI is InChI=1S/C12H24N4O2/c1-16(7-6-11(17)15-12(14)18)10-5-3-2-4-9(10)8-13/h9-10H,2-8,13H2,1H3,(H3,14,15,17,18). The first-order chi connectivity index (χ1) is 8.54. The average molecular weight is 256 g/mol. The van der Waals surface area contributed by atoms with E-state index in [0.717, 1.165) is 6.42 Å². The minimum Gasteiger partial charge on any atom is -0.351 e. The molecule has 0 radical (unpaired) electrons. The number of imide groups is 1. The van der Waals surface area contributed by atoms with Gasteiger partial charge in [-0.3, -0.25) is 10.1 Å². The van der Waals surface area contributed by atoms with Crippen molar-refractivity contribution >= 4 is 11.9 Å². The van der Waals surface area contributed by atoms with Gasteiger partial charge in [0, 0.05) is 19.0 Å². The second-order valence-corrected chi connectivity index (χ2v) is 4.99. The van der Waals surface area contributed by atoms with E-state index in [1.165, 1.54) is 19.3 Å². The highest BCUT2D eigenvalue weighted by atomic mass is 16.2. The van der Waals surface area contributed by atoms with Gasteiger partial charge in [-0.25, -0.2) is 4.79 Å². The first-order valence-corrected chi connectivity index (χ1v) is 6.54. The predicted molar refractivity (Wildman–Crippen MR) is 69.8 cm³/mol. The number of carbonyl (C=O) groups is 2. The molecule has 0 spiro atoms. The van der Waals surface area contributed by atoms with Crippen molar-refractivity contribution < 1.29 is 9.59 Å². The monoisotopic (exact) mass is 256 g/mol. The largest absolute Gasteiger partial charge is 0.351 e. The number of nitrogens with two attached hydrogens (primary N) is 2. The van der Waals surface area contributed by atoms with Crippen molar-refractivity contribution in [2.75, 3.05) is 20.1 Å². The third-order valence-electron chi connectivity index (χ3n) is 3.69. The fourth-order valence-electron chi connectivity index (χ4n) is 2.69. The van der Waals surface area contributed by atoms with E-state index in [0.29, 0.717) is 25.0 Å². The Bertz CT molecular complexity index is 296. The van der Waals surface area contributed by atoms with Crippen LogP contribution in [0.25, 0.3) is 0 Å². The number of nitrogens with one attached hydrogen (secondary N) is 1. The summed E-state index contributed by atoms with van der Waals surface area (Å²) < 4.78 is 0. The molecular weight excluding hydrogens is 232 g/mol. The van der Waals surface area contributed by atoms with E-state index in [9.17, 15) is 9.59 Å². The maximum atomic E-state index is 11.3. The zero-order valence-electron chi connectivity index (χ0n) is 11.0. The number of amides is 3. The zero-order chi connectivity index (χ0) is 13.5. The molecule has 6 nitrogen and oxygen atoms in total. The molecule has 1 aliphatic rings. The summed E-state index contributed by atoms with van der Waals surface area (Å²) in [5.41, 5.74) is 10.7. The number of primary amides is 1. The van der Waals surface area contributed by atoms with Gasteiger partial charge in [-0.15, -0.1) is 0 Å². The van der Waals surface area contributed by atoms with Crippen LogP contribution in [0.4, 0.5) is 4.79 Å². The second-order valence-electron chi connectivity index (χ2n) is 4.99. The number of urea groups is 1. The molecule has 1 fully saturated rings. The van der Waals surface area contributed by atoms with E-state index in [4.69, 9.17) is 11.5 Å². The lowest BCUT2D eigenvalue weighted by atomic mass is 9.83. The van der Waals surface area contributed by atoms with Crippen LogP contribution in [0.15, 0.2) is 0 Å². The van der Waals surface area contributed by atoms with E-state index < -0.39 is 6.03 Å². The van der Waals surface area contributed by atoms with Crippen LogP contribution >= 0.6 is 0 Å². The summed E-state index contributed by atoms with van der Waals surface area (Å²) in [6.07, 6.45) is 5.05. The maximum absolute atomic E-state index is 11.3. The molecule has 2 atom stereocenters. The summed E-state index contributed by atoms with van der Waals surface area (Å²) in [5.74, 6) is 0.192. The van der Waals surface area contributed by atoms with Crippen LogP contribution in [-0.2, 0) is 4.79 Å². The van der Waals surface area contributed by atoms with Crippen molar-refractivity contribution in [2.45, 2.75) is 38.1 Å². The Morgan fingerprint density at radius 3 is 2.61 bits per heavy atom. The van der Waals surface area contributed by atoms with E-state index in [1.54, 1.807) is 0 Å². The van der Waals surface area contributed by atoms with Gasteiger partial charge < -0.3 is 16.4 Å². The Hall–Kier alpha value is -1.14. The highest BCUT2D eigenvalue weighted by Crippen LogP contribution is 2.27. The van der Waals surface area contributed by atoms with Crippen LogP contribution in [0.5, 0.6) is 0 Å². The molecular formula is C12H24N4O2. The number of carbonyl (C=O) groups excluding carboxylic acids is 2. The van der Waals surface area contributed by atoms with Gasteiger partial charge in [0.05, 0.1) is 0 Å². The van der Waals surface area contributed by atoms with Crippen LogP contribution < -0.4 is 16.8 Å². The number of hydrogen-bond donors (Lipinski definition) is 3. The molecule has 104 valence electrons. The van der Waals surface area contributed by atoms with Gasteiger partial charge in [0.2, 0.25) is 5.91 Å². The number of rotatable bonds is 5. The molecule has 1 rings (SSSR count). The topological polar surface area (TPSA) is 101 Å². The third-order valence-corrected chi connectivity index (χ3v) is 3.69. The van der Waals surface area contributed by atoms with Crippen molar-refractivity contribution in [3.8, 4) is 0 Å². The molecule has 1 aliphatic carbocycles. The fourth-order valence-corrected chi connectivity index (χ4v) is 2.69. The normalized spacial score (nSPS) is 23.9. The quantitative estimate of drug-likeness (QED) is 0.645. The molecule has 0 aliphatic heterocycles. The Balaban J connectivity index is 2.36. The van der Waals surface area contributed by atoms with Gasteiger partial charge in [-0.05, 0) is 32.4 Å². The number of nitrogens with zero attached hydrogens (tertiary/aromatic N) is 1. The Morgan fingerprint density at radius 1 is 1.33 bits per heavy atom.